The number of thioether (sulfide) groups is 1. The van der Waals surface area contributed by atoms with Crippen LogP contribution in [0, 0.1) is 0 Å². The fourth-order valence-electron chi connectivity index (χ4n) is 2.51. The lowest BCUT2D eigenvalue weighted by Gasteiger charge is -2.36. The number of nitrogens with zero attached hydrogens (tertiary/aromatic N) is 1. The average molecular weight is 368 g/mol. The minimum absolute atomic E-state index is 0.0238. The van der Waals surface area contributed by atoms with Gasteiger partial charge >= 0.3 is 5.97 Å². The molecule has 1 aromatic rings. The van der Waals surface area contributed by atoms with Crippen LogP contribution in [0.2, 0.25) is 0 Å². The number of amides is 2. The van der Waals surface area contributed by atoms with Crippen molar-refractivity contribution >= 4 is 42.2 Å². The summed E-state index contributed by atoms with van der Waals surface area (Å²) in [4.78, 5) is 36.1. The molecule has 2 N–H and O–H groups in total. The Morgan fingerprint density at radius 3 is 2.54 bits per heavy atom. The number of aliphatic carboxylic acids is 1. The highest BCUT2D eigenvalue weighted by Crippen LogP contribution is 2.29. The predicted molar refractivity (Wildman–Crippen MR) is 95.9 cm³/mol. The number of hydrogen-bond acceptors (Lipinski definition) is 6. The van der Waals surface area contributed by atoms with Gasteiger partial charge in [0.25, 0.3) is 0 Å². The van der Waals surface area contributed by atoms with E-state index in [1.54, 1.807) is 31.2 Å². The van der Waals surface area contributed by atoms with E-state index in [0.29, 0.717) is 17.2 Å². The van der Waals surface area contributed by atoms with Gasteiger partial charge in [0, 0.05) is 24.5 Å². The second kappa shape index (κ2) is 8.04. The zero-order valence-corrected chi connectivity index (χ0v) is 15.0. The Morgan fingerprint density at radius 2 is 2.04 bits per heavy atom. The van der Waals surface area contributed by atoms with E-state index in [2.05, 4.69) is 17.9 Å². The Hall–Kier alpha value is -1.51. The number of thiol groups is 1. The number of nitrogens with one attached hydrogen (secondary N) is 1. The smallest absolute Gasteiger partial charge is 0.340 e. The summed E-state index contributed by atoms with van der Waals surface area (Å²) in [5.74, 6) is -1.32. The van der Waals surface area contributed by atoms with Gasteiger partial charge in [-0.15, -0.1) is 24.4 Å². The summed E-state index contributed by atoms with van der Waals surface area (Å²) in [6.45, 7) is 1.60. The van der Waals surface area contributed by atoms with Gasteiger partial charge in [0.05, 0.1) is 6.04 Å². The maximum Gasteiger partial charge on any atom is 0.340 e. The van der Waals surface area contributed by atoms with Crippen molar-refractivity contribution in [1.82, 2.24) is 10.2 Å². The second-order valence-corrected chi connectivity index (χ2v) is 7.25. The molecule has 1 saturated heterocycles. The van der Waals surface area contributed by atoms with Crippen LogP contribution in [0.25, 0.3) is 0 Å². The van der Waals surface area contributed by atoms with E-state index in [9.17, 15) is 19.5 Å². The predicted octanol–water partition coefficient (Wildman–Crippen LogP) is 1.37. The topological polar surface area (TPSA) is 86.7 Å². The van der Waals surface area contributed by atoms with Crippen molar-refractivity contribution in [2.24, 2.45) is 0 Å². The quantitative estimate of drug-likeness (QED) is 0.519. The third kappa shape index (κ3) is 3.93. The fourth-order valence-corrected chi connectivity index (χ4v) is 3.84. The summed E-state index contributed by atoms with van der Waals surface area (Å²) in [5, 5.41) is 12.7. The number of imide groups is 1. The van der Waals surface area contributed by atoms with Gasteiger partial charge < -0.3 is 5.11 Å². The molecule has 1 aliphatic rings. The van der Waals surface area contributed by atoms with E-state index in [0.717, 1.165) is 4.90 Å². The van der Waals surface area contributed by atoms with Crippen LogP contribution >= 0.6 is 24.4 Å². The highest BCUT2D eigenvalue weighted by atomic mass is 32.2. The molecule has 6 nitrogen and oxygen atoms in total. The lowest BCUT2D eigenvalue weighted by molar-refractivity contribution is -0.160. The molecular weight excluding hydrogens is 348 g/mol. The molecule has 0 aliphatic carbocycles. The number of carboxylic acid groups (broad SMARTS) is 1. The van der Waals surface area contributed by atoms with Crippen molar-refractivity contribution in [2.45, 2.75) is 30.7 Å². The fraction of sp³-hybridized carbons (Fsp3) is 0.438. The number of benzene rings is 1. The molecule has 0 aromatic heterocycles. The molecule has 2 amide bonds. The number of carbonyl (C=O) groups is 3. The normalized spacial score (nSPS) is 19.5. The summed E-state index contributed by atoms with van der Waals surface area (Å²) in [7, 11) is 0. The maximum absolute atomic E-state index is 12.8. The summed E-state index contributed by atoms with van der Waals surface area (Å²) < 4.78 is 0. The summed E-state index contributed by atoms with van der Waals surface area (Å²) >= 11 is 5.82. The third-order valence-corrected chi connectivity index (χ3v) is 5.28. The number of rotatable bonds is 6. The zero-order valence-electron chi connectivity index (χ0n) is 13.3. The van der Waals surface area contributed by atoms with Gasteiger partial charge in [-0.3, -0.25) is 19.8 Å². The minimum Gasteiger partial charge on any atom is -0.479 e. The van der Waals surface area contributed by atoms with Gasteiger partial charge in [-0.2, -0.15) is 0 Å². The van der Waals surface area contributed by atoms with Crippen LogP contribution in [-0.2, 0) is 20.8 Å². The van der Waals surface area contributed by atoms with Crippen LogP contribution in [0.5, 0.6) is 0 Å². The molecule has 2 rings (SSSR count). The molecule has 0 spiro atoms. The molecule has 1 aromatic carbocycles. The van der Waals surface area contributed by atoms with Crippen molar-refractivity contribution in [3.63, 3.8) is 0 Å². The highest BCUT2D eigenvalue weighted by molar-refractivity contribution is 7.99. The largest absolute Gasteiger partial charge is 0.479 e. The molecule has 0 radical (unpaired) electrons. The van der Waals surface area contributed by atoms with E-state index in [4.69, 9.17) is 0 Å². The summed E-state index contributed by atoms with van der Waals surface area (Å²) in [6, 6.07) is 8.27. The van der Waals surface area contributed by atoms with E-state index in [-0.39, 0.29) is 12.8 Å². The molecule has 2 atom stereocenters. The SMILES string of the molecule is CCC(=O)N(C(=O)C1CSCN1)[C@@](S)(Cc1ccccc1)C(=O)O. The molecule has 1 aliphatic heterocycles. The van der Waals surface area contributed by atoms with Crippen LogP contribution in [0.1, 0.15) is 18.9 Å². The third-order valence-electron chi connectivity index (χ3n) is 3.79. The zero-order chi connectivity index (χ0) is 17.7. The first kappa shape index (κ1) is 18.8. The second-order valence-electron chi connectivity index (χ2n) is 5.48. The van der Waals surface area contributed by atoms with E-state index < -0.39 is 28.7 Å². The van der Waals surface area contributed by atoms with Crippen molar-refractivity contribution in [2.75, 3.05) is 11.6 Å². The number of carbonyl (C=O) groups excluding carboxylic acids is 2. The molecule has 1 unspecified atom stereocenters. The van der Waals surface area contributed by atoms with Crippen LogP contribution in [0.3, 0.4) is 0 Å². The van der Waals surface area contributed by atoms with Crippen molar-refractivity contribution in [1.29, 1.82) is 0 Å². The van der Waals surface area contributed by atoms with Gasteiger partial charge in [-0.25, -0.2) is 4.79 Å². The molecular formula is C16H20N2O4S2. The van der Waals surface area contributed by atoms with E-state index >= 15 is 0 Å². The highest BCUT2D eigenvalue weighted by Gasteiger charge is 2.48. The standard InChI is InChI=1S/C16H20N2O4S2/c1-2-13(19)18(14(20)12-9-24-10-17-12)16(23,15(21)22)8-11-6-4-3-5-7-11/h3-7,12,17,23H,2,8-10H2,1H3,(H,21,22)/t12?,16-/m1/s1. The summed E-state index contributed by atoms with van der Waals surface area (Å²) in [5.41, 5.74) is 0.686. The first-order valence-electron chi connectivity index (χ1n) is 7.58. The molecule has 0 saturated carbocycles. The van der Waals surface area contributed by atoms with Gasteiger partial charge in [0.15, 0.2) is 4.87 Å². The first-order chi connectivity index (χ1) is 11.4. The van der Waals surface area contributed by atoms with Crippen LogP contribution < -0.4 is 5.32 Å². The lowest BCUT2D eigenvalue weighted by Crippen LogP contribution is -2.61. The Bertz CT molecular complexity index is 620. The monoisotopic (exact) mass is 368 g/mol. The lowest BCUT2D eigenvalue weighted by atomic mass is 10.0. The number of hydrogen-bond donors (Lipinski definition) is 3. The summed E-state index contributed by atoms with van der Waals surface area (Å²) in [6.07, 6.45) is -0.0421. The van der Waals surface area contributed by atoms with Gasteiger partial charge in [-0.05, 0) is 5.56 Å². The first-order valence-corrected chi connectivity index (χ1v) is 9.18. The van der Waals surface area contributed by atoms with E-state index in [1.807, 2.05) is 6.07 Å². The van der Waals surface area contributed by atoms with Gasteiger partial charge in [0.1, 0.15) is 0 Å². The van der Waals surface area contributed by atoms with E-state index in [1.165, 1.54) is 11.8 Å². The van der Waals surface area contributed by atoms with Crippen molar-refractivity contribution in [3.05, 3.63) is 35.9 Å². The van der Waals surface area contributed by atoms with Crippen LogP contribution in [0.15, 0.2) is 30.3 Å². The molecule has 0 bridgehead atoms. The van der Waals surface area contributed by atoms with Crippen molar-refractivity contribution < 1.29 is 19.5 Å². The molecule has 24 heavy (non-hydrogen) atoms. The average Bonchev–Trinajstić information content (AvgIpc) is 3.10. The maximum atomic E-state index is 12.8. The molecule has 1 heterocycles. The van der Waals surface area contributed by atoms with Crippen LogP contribution in [0.4, 0.5) is 0 Å². The Kier molecular flexibility index (Phi) is 6.31. The van der Waals surface area contributed by atoms with Crippen LogP contribution in [-0.4, -0.2) is 50.3 Å². The van der Waals surface area contributed by atoms with Crippen molar-refractivity contribution in [3.8, 4) is 0 Å². The molecule has 130 valence electrons. The number of carboxylic acids is 1. The Labute approximate surface area is 150 Å². The van der Waals surface area contributed by atoms with Gasteiger partial charge in [0.2, 0.25) is 11.8 Å². The minimum atomic E-state index is -1.93. The van der Waals surface area contributed by atoms with Gasteiger partial charge in [-0.1, -0.05) is 37.3 Å². The molecule has 8 heteroatoms. The Balaban J connectivity index is 2.39. The Morgan fingerprint density at radius 1 is 1.38 bits per heavy atom. The molecule has 1 fully saturated rings.